The molecule has 0 unspecified atom stereocenters. The Hall–Kier alpha value is -2.86. The van der Waals surface area contributed by atoms with Crippen molar-refractivity contribution in [3.8, 4) is 0 Å². The summed E-state index contributed by atoms with van der Waals surface area (Å²) in [5.41, 5.74) is 1.39. The number of carbonyl (C=O) groups excluding carboxylic acids is 1. The van der Waals surface area contributed by atoms with Crippen LogP contribution in [0.3, 0.4) is 0 Å². The van der Waals surface area contributed by atoms with Crippen LogP contribution < -0.4 is 5.32 Å². The first kappa shape index (κ1) is 14.1. The first-order valence-corrected chi connectivity index (χ1v) is 6.71. The number of para-hydroxylation sites is 1. The smallest absolute Gasteiger partial charge is 0.337 e. The number of aromatic nitrogens is 2. The number of nitrogens with zero attached hydrogens (tertiary/aromatic N) is 1. The van der Waals surface area contributed by atoms with E-state index in [9.17, 15) is 9.59 Å². The zero-order chi connectivity index (χ0) is 15.7. The molecule has 3 rings (SSSR count). The molecule has 3 aromatic rings. The van der Waals surface area contributed by atoms with Crippen LogP contribution in [0.2, 0.25) is 5.02 Å². The largest absolute Gasteiger partial charge is 0.478 e. The van der Waals surface area contributed by atoms with E-state index in [1.54, 1.807) is 6.07 Å². The Morgan fingerprint density at radius 3 is 2.68 bits per heavy atom. The monoisotopic (exact) mass is 315 g/mol. The first-order valence-electron chi connectivity index (χ1n) is 6.33. The molecule has 0 aliphatic carbocycles. The van der Waals surface area contributed by atoms with Crippen molar-refractivity contribution >= 4 is 40.1 Å². The molecule has 0 saturated heterocycles. The van der Waals surface area contributed by atoms with Gasteiger partial charge < -0.3 is 10.4 Å². The van der Waals surface area contributed by atoms with Gasteiger partial charge in [0.15, 0.2) is 5.69 Å². The van der Waals surface area contributed by atoms with Gasteiger partial charge in [-0.05, 0) is 24.3 Å². The van der Waals surface area contributed by atoms with E-state index < -0.39 is 11.9 Å². The maximum Gasteiger partial charge on any atom is 0.337 e. The lowest BCUT2D eigenvalue weighted by Crippen LogP contribution is -2.13. The Morgan fingerprint density at radius 2 is 1.95 bits per heavy atom. The second-order valence-corrected chi connectivity index (χ2v) is 4.98. The average molecular weight is 316 g/mol. The molecule has 1 amide bonds. The molecule has 0 fully saturated rings. The Labute approximate surface area is 129 Å². The molecule has 22 heavy (non-hydrogen) atoms. The van der Waals surface area contributed by atoms with E-state index in [0.29, 0.717) is 11.1 Å². The molecular weight excluding hydrogens is 306 g/mol. The number of carboxylic acid groups (broad SMARTS) is 1. The van der Waals surface area contributed by atoms with Crippen molar-refractivity contribution in [2.45, 2.75) is 0 Å². The Balaban J connectivity index is 1.88. The van der Waals surface area contributed by atoms with Gasteiger partial charge in [0.25, 0.3) is 5.91 Å². The Bertz CT molecular complexity index is 889. The third kappa shape index (κ3) is 2.51. The molecule has 1 heterocycles. The summed E-state index contributed by atoms with van der Waals surface area (Å²) in [6.45, 7) is 0. The van der Waals surface area contributed by atoms with Gasteiger partial charge in [-0.3, -0.25) is 9.89 Å². The molecule has 0 spiro atoms. The molecule has 7 heteroatoms. The predicted molar refractivity (Wildman–Crippen MR) is 82.5 cm³/mol. The van der Waals surface area contributed by atoms with Gasteiger partial charge in [-0.1, -0.05) is 29.8 Å². The van der Waals surface area contributed by atoms with E-state index in [1.807, 2.05) is 18.2 Å². The number of nitrogens with one attached hydrogen (secondary N) is 2. The molecule has 0 aliphatic heterocycles. The summed E-state index contributed by atoms with van der Waals surface area (Å²) in [5.74, 6) is -1.53. The van der Waals surface area contributed by atoms with Crippen LogP contribution in [-0.4, -0.2) is 27.2 Å². The minimum absolute atomic E-state index is 0.0233. The lowest BCUT2D eigenvalue weighted by molar-refractivity contribution is 0.0697. The number of halogens is 1. The quantitative estimate of drug-likeness (QED) is 0.691. The maximum absolute atomic E-state index is 12.3. The van der Waals surface area contributed by atoms with Gasteiger partial charge in [-0.25, -0.2) is 4.79 Å². The van der Waals surface area contributed by atoms with Gasteiger partial charge in [0.2, 0.25) is 0 Å². The highest BCUT2D eigenvalue weighted by atomic mass is 35.5. The summed E-state index contributed by atoms with van der Waals surface area (Å²) in [6.07, 6.45) is 0. The van der Waals surface area contributed by atoms with Crippen molar-refractivity contribution in [1.29, 1.82) is 0 Å². The van der Waals surface area contributed by atoms with Crippen LogP contribution in [0, 0.1) is 0 Å². The number of H-pyrrole nitrogens is 1. The van der Waals surface area contributed by atoms with Gasteiger partial charge >= 0.3 is 5.97 Å². The zero-order valence-electron chi connectivity index (χ0n) is 11.1. The molecule has 0 radical (unpaired) electrons. The van der Waals surface area contributed by atoms with Crippen molar-refractivity contribution < 1.29 is 14.7 Å². The highest BCUT2D eigenvalue weighted by molar-refractivity contribution is 6.33. The second kappa shape index (κ2) is 5.50. The normalized spacial score (nSPS) is 10.6. The lowest BCUT2D eigenvalue weighted by atomic mass is 10.2. The third-order valence-electron chi connectivity index (χ3n) is 3.14. The second-order valence-electron chi connectivity index (χ2n) is 4.57. The van der Waals surface area contributed by atoms with Gasteiger partial charge in [0.1, 0.15) is 0 Å². The molecule has 2 aromatic carbocycles. The predicted octanol–water partition coefficient (Wildman–Crippen LogP) is 3.17. The topological polar surface area (TPSA) is 95.1 Å². The van der Waals surface area contributed by atoms with E-state index in [-0.39, 0.29) is 16.3 Å². The van der Waals surface area contributed by atoms with Crippen molar-refractivity contribution in [2.24, 2.45) is 0 Å². The van der Waals surface area contributed by atoms with Crippen molar-refractivity contribution in [2.75, 3.05) is 5.32 Å². The van der Waals surface area contributed by atoms with Gasteiger partial charge in [-0.2, -0.15) is 5.10 Å². The summed E-state index contributed by atoms with van der Waals surface area (Å²) < 4.78 is 0. The van der Waals surface area contributed by atoms with Crippen molar-refractivity contribution in [3.63, 3.8) is 0 Å². The number of carboxylic acids is 1. The van der Waals surface area contributed by atoms with Crippen LogP contribution in [-0.2, 0) is 0 Å². The summed E-state index contributed by atoms with van der Waals surface area (Å²) in [6, 6.07) is 11.5. The first-order chi connectivity index (χ1) is 10.6. The SMILES string of the molecule is O=C(O)c1ccc(NC(=O)c2n[nH]c3ccccc23)cc1Cl. The fourth-order valence-electron chi connectivity index (χ4n) is 2.09. The van der Waals surface area contributed by atoms with Crippen LogP contribution in [0.4, 0.5) is 5.69 Å². The van der Waals surface area contributed by atoms with Crippen molar-refractivity contribution in [1.82, 2.24) is 10.2 Å². The molecular formula is C15H10ClN3O3. The highest BCUT2D eigenvalue weighted by Crippen LogP contribution is 2.22. The number of fused-ring (bicyclic) bond motifs is 1. The Morgan fingerprint density at radius 1 is 1.18 bits per heavy atom. The number of anilines is 1. The van der Waals surface area contributed by atoms with E-state index >= 15 is 0 Å². The number of hydrogen-bond acceptors (Lipinski definition) is 3. The van der Waals surface area contributed by atoms with E-state index in [1.165, 1.54) is 18.2 Å². The molecule has 0 saturated carbocycles. The van der Waals surface area contributed by atoms with Crippen LogP contribution in [0.1, 0.15) is 20.8 Å². The maximum atomic E-state index is 12.3. The minimum atomic E-state index is -1.12. The molecule has 0 atom stereocenters. The molecule has 0 aliphatic rings. The van der Waals surface area contributed by atoms with E-state index in [4.69, 9.17) is 16.7 Å². The van der Waals surface area contributed by atoms with Crippen molar-refractivity contribution in [3.05, 3.63) is 58.7 Å². The summed E-state index contributed by atoms with van der Waals surface area (Å²) in [5, 5.41) is 19.1. The molecule has 3 N–H and O–H groups in total. The molecule has 0 bridgehead atoms. The lowest BCUT2D eigenvalue weighted by Gasteiger charge is -2.05. The summed E-state index contributed by atoms with van der Waals surface area (Å²) in [7, 11) is 0. The van der Waals surface area contributed by atoms with Crippen LogP contribution in [0.5, 0.6) is 0 Å². The molecule has 1 aromatic heterocycles. The van der Waals surface area contributed by atoms with Crippen LogP contribution >= 0.6 is 11.6 Å². The minimum Gasteiger partial charge on any atom is -0.478 e. The number of carbonyl (C=O) groups is 2. The number of rotatable bonds is 3. The highest BCUT2D eigenvalue weighted by Gasteiger charge is 2.15. The fraction of sp³-hybridized carbons (Fsp3) is 0. The molecule has 6 nitrogen and oxygen atoms in total. The third-order valence-corrected chi connectivity index (χ3v) is 3.46. The van der Waals surface area contributed by atoms with Crippen LogP contribution in [0.15, 0.2) is 42.5 Å². The van der Waals surface area contributed by atoms with Crippen LogP contribution in [0.25, 0.3) is 10.9 Å². The Kier molecular flexibility index (Phi) is 3.52. The van der Waals surface area contributed by atoms with Gasteiger partial charge in [0.05, 0.1) is 16.1 Å². The summed E-state index contributed by atoms with van der Waals surface area (Å²) >= 11 is 5.87. The fourth-order valence-corrected chi connectivity index (χ4v) is 2.35. The van der Waals surface area contributed by atoms with E-state index in [0.717, 1.165) is 5.52 Å². The average Bonchev–Trinajstić information content (AvgIpc) is 2.91. The number of hydrogen-bond donors (Lipinski definition) is 3. The van der Waals surface area contributed by atoms with Gasteiger partial charge in [0, 0.05) is 11.1 Å². The number of aromatic carboxylic acids is 1. The number of aromatic amines is 1. The van der Waals surface area contributed by atoms with Gasteiger partial charge in [-0.15, -0.1) is 0 Å². The number of amides is 1. The zero-order valence-corrected chi connectivity index (χ0v) is 11.9. The van der Waals surface area contributed by atoms with E-state index in [2.05, 4.69) is 15.5 Å². The summed E-state index contributed by atoms with van der Waals surface area (Å²) in [4.78, 5) is 23.2. The number of benzene rings is 2. The standard InChI is InChI=1S/C15H10ClN3O3/c16-11-7-8(5-6-9(11)15(21)22)17-14(20)13-10-3-1-2-4-12(10)18-19-13/h1-7H,(H,17,20)(H,18,19)(H,21,22). The molecule has 110 valence electrons.